The van der Waals surface area contributed by atoms with Crippen LogP contribution in [0.15, 0.2) is 97.1 Å². The molecule has 5 aromatic carbocycles. The van der Waals surface area contributed by atoms with Crippen molar-refractivity contribution in [2.45, 2.75) is 131 Å². The first-order chi connectivity index (χ1) is 25.9. The number of hydrogen-bond acceptors (Lipinski definition) is 3. The fraction of sp³-hybridized carbons (Fsp3) is 0.385. The van der Waals surface area contributed by atoms with Crippen molar-refractivity contribution in [2.75, 3.05) is 9.80 Å². The molecule has 0 saturated heterocycles. The quantitative estimate of drug-likeness (QED) is 0.162. The van der Waals surface area contributed by atoms with Gasteiger partial charge in [0.2, 0.25) is 0 Å². The van der Waals surface area contributed by atoms with Gasteiger partial charge in [0, 0.05) is 43.7 Å². The standard InChI is InChI=1S/C52H61BN2S/c1-48(2,3)33-16-21-37(22-17-33)54-41-25-20-35(50(7,8)9)28-40(41)53-39-26-32-27-46(52(13,14)15)56-45(32)31-42(39)55(38-23-18-34(19-24-38)49(4,5)6)44-30-36(51(10,11)12)29-43(54)47(44)53/h16-31H,1-15H3. The fourth-order valence-electron chi connectivity index (χ4n) is 8.58. The number of fused-ring (bicyclic) bond motifs is 5. The summed E-state index contributed by atoms with van der Waals surface area (Å²) in [4.78, 5) is 6.60. The predicted molar refractivity (Wildman–Crippen MR) is 249 cm³/mol. The summed E-state index contributed by atoms with van der Waals surface area (Å²) in [5.74, 6) is 0. The molecule has 288 valence electrons. The van der Waals surface area contributed by atoms with E-state index in [9.17, 15) is 0 Å². The zero-order chi connectivity index (χ0) is 40.5. The number of nitrogens with zero attached hydrogens (tertiary/aromatic N) is 2. The molecule has 0 fully saturated rings. The van der Waals surface area contributed by atoms with Crippen LogP contribution in [0.5, 0.6) is 0 Å². The van der Waals surface area contributed by atoms with Crippen LogP contribution in [-0.4, -0.2) is 6.71 Å². The second kappa shape index (κ2) is 12.6. The largest absolute Gasteiger partial charge is 0.311 e. The Hall–Kier alpha value is -4.28. The lowest BCUT2D eigenvalue weighted by atomic mass is 9.33. The van der Waals surface area contributed by atoms with E-state index >= 15 is 0 Å². The van der Waals surface area contributed by atoms with Gasteiger partial charge in [0.1, 0.15) is 0 Å². The van der Waals surface area contributed by atoms with Gasteiger partial charge < -0.3 is 9.80 Å². The summed E-state index contributed by atoms with van der Waals surface area (Å²) >= 11 is 1.95. The molecule has 0 atom stereocenters. The molecule has 56 heavy (non-hydrogen) atoms. The van der Waals surface area contributed by atoms with E-state index in [1.165, 1.54) is 87.7 Å². The Labute approximate surface area is 342 Å². The number of thiophene rings is 1. The molecule has 1 aromatic heterocycles. The number of anilines is 6. The summed E-state index contributed by atoms with van der Waals surface area (Å²) in [7, 11) is 0. The molecular formula is C52H61BN2S. The van der Waals surface area contributed by atoms with Crippen molar-refractivity contribution < 1.29 is 0 Å². The van der Waals surface area contributed by atoms with E-state index in [0.29, 0.717) is 0 Å². The molecule has 0 spiro atoms. The lowest BCUT2D eigenvalue weighted by Crippen LogP contribution is -2.61. The molecule has 6 aromatic rings. The van der Waals surface area contributed by atoms with Gasteiger partial charge in [-0.15, -0.1) is 11.3 Å². The molecule has 0 N–H and O–H groups in total. The summed E-state index contributed by atoms with van der Waals surface area (Å²) in [5, 5.41) is 1.34. The lowest BCUT2D eigenvalue weighted by molar-refractivity contribution is 0.589. The smallest absolute Gasteiger partial charge is 0.252 e. The Morgan fingerprint density at radius 2 is 0.839 bits per heavy atom. The first-order valence-electron chi connectivity index (χ1n) is 20.6. The number of benzene rings is 5. The van der Waals surface area contributed by atoms with E-state index < -0.39 is 0 Å². The fourth-order valence-corrected chi connectivity index (χ4v) is 9.72. The lowest BCUT2D eigenvalue weighted by Gasteiger charge is -2.45. The van der Waals surface area contributed by atoms with Crippen LogP contribution in [0.25, 0.3) is 10.1 Å². The van der Waals surface area contributed by atoms with Crippen molar-refractivity contribution in [1.82, 2.24) is 0 Å². The van der Waals surface area contributed by atoms with Crippen LogP contribution in [0.4, 0.5) is 34.1 Å². The average Bonchev–Trinajstić information content (AvgIpc) is 3.53. The molecular weight excluding hydrogens is 695 g/mol. The summed E-state index contributed by atoms with van der Waals surface area (Å²) < 4.78 is 1.35. The van der Waals surface area contributed by atoms with Crippen LogP contribution >= 0.6 is 11.3 Å². The minimum atomic E-state index is -0.0689. The van der Waals surface area contributed by atoms with Crippen LogP contribution < -0.4 is 26.2 Å². The summed E-state index contributed by atoms with van der Waals surface area (Å²) in [6.45, 7) is 35.0. The molecule has 0 bridgehead atoms. The SMILES string of the molecule is CC(C)(C)c1ccc(N2c3ccc(C(C)(C)C)cc3B3c4cc5cc(C(C)(C)C)sc5cc4N(c4ccc(C(C)(C)C)cc4)c4cc(C(C)(C)C)cc2c43)cc1. The van der Waals surface area contributed by atoms with E-state index in [4.69, 9.17) is 0 Å². The Morgan fingerprint density at radius 3 is 1.30 bits per heavy atom. The van der Waals surface area contributed by atoms with Gasteiger partial charge in [-0.2, -0.15) is 0 Å². The Kier molecular flexibility index (Phi) is 8.69. The topological polar surface area (TPSA) is 6.48 Å². The Balaban J connectivity index is 1.50. The van der Waals surface area contributed by atoms with Gasteiger partial charge in [-0.1, -0.05) is 146 Å². The van der Waals surface area contributed by atoms with Crippen molar-refractivity contribution in [3.63, 3.8) is 0 Å². The van der Waals surface area contributed by atoms with Crippen LogP contribution in [0.3, 0.4) is 0 Å². The van der Waals surface area contributed by atoms with E-state index in [2.05, 4.69) is 211 Å². The van der Waals surface area contributed by atoms with Crippen LogP contribution in [0, 0.1) is 0 Å². The van der Waals surface area contributed by atoms with E-state index in [0.717, 1.165) is 0 Å². The summed E-state index contributed by atoms with van der Waals surface area (Å²) in [6, 6.07) is 38.6. The molecule has 0 amide bonds. The summed E-state index contributed by atoms with van der Waals surface area (Å²) in [6.07, 6.45) is 0. The minimum Gasteiger partial charge on any atom is -0.311 e. The normalized spacial score (nSPS) is 14.6. The van der Waals surface area contributed by atoms with E-state index in [1.807, 2.05) is 11.3 Å². The third-order valence-corrected chi connectivity index (χ3v) is 13.7. The molecule has 2 aliphatic rings. The zero-order valence-corrected chi connectivity index (χ0v) is 37.4. The van der Waals surface area contributed by atoms with E-state index in [-0.39, 0.29) is 33.8 Å². The van der Waals surface area contributed by atoms with Gasteiger partial charge >= 0.3 is 0 Å². The molecule has 3 heterocycles. The van der Waals surface area contributed by atoms with Crippen molar-refractivity contribution in [3.05, 3.63) is 124 Å². The molecule has 4 heteroatoms. The van der Waals surface area contributed by atoms with Crippen LogP contribution in [0.2, 0.25) is 0 Å². The molecule has 8 rings (SSSR count). The Morgan fingerprint density at radius 1 is 0.393 bits per heavy atom. The van der Waals surface area contributed by atoms with Gasteiger partial charge in [-0.25, -0.2) is 0 Å². The first kappa shape index (κ1) is 38.6. The molecule has 2 nitrogen and oxygen atoms in total. The van der Waals surface area contributed by atoms with Gasteiger partial charge in [-0.05, 0) is 126 Å². The first-order valence-corrected chi connectivity index (χ1v) is 21.4. The monoisotopic (exact) mass is 756 g/mol. The molecule has 0 saturated carbocycles. The number of rotatable bonds is 2. The summed E-state index contributed by atoms with van der Waals surface area (Å²) in [5.41, 5.74) is 17.2. The van der Waals surface area contributed by atoms with Gasteiger partial charge in [0.15, 0.2) is 0 Å². The third kappa shape index (κ3) is 6.50. The maximum absolute atomic E-state index is 2.60. The zero-order valence-electron chi connectivity index (χ0n) is 36.6. The van der Waals surface area contributed by atoms with Crippen LogP contribution in [-0.2, 0) is 27.1 Å². The number of hydrogen-bond donors (Lipinski definition) is 0. The molecule has 0 radical (unpaired) electrons. The second-order valence-electron chi connectivity index (χ2n) is 21.7. The molecule has 0 unspecified atom stereocenters. The highest BCUT2D eigenvalue weighted by Gasteiger charge is 2.45. The molecule has 2 aliphatic heterocycles. The highest BCUT2D eigenvalue weighted by molar-refractivity contribution is 7.19. The second-order valence-corrected chi connectivity index (χ2v) is 22.8. The Bertz CT molecular complexity index is 2480. The van der Waals surface area contributed by atoms with Crippen LogP contribution in [0.1, 0.15) is 131 Å². The van der Waals surface area contributed by atoms with Crippen molar-refractivity contribution in [3.8, 4) is 0 Å². The van der Waals surface area contributed by atoms with E-state index in [1.54, 1.807) is 0 Å². The predicted octanol–water partition coefficient (Wildman–Crippen LogP) is 13.5. The maximum atomic E-state index is 2.60. The third-order valence-electron chi connectivity index (χ3n) is 12.2. The minimum absolute atomic E-state index is 0.00463. The van der Waals surface area contributed by atoms with Gasteiger partial charge in [0.25, 0.3) is 6.71 Å². The van der Waals surface area contributed by atoms with Gasteiger partial charge in [-0.3, -0.25) is 0 Å². The van der Waals surface area contributed by atoms with Gasteiger partial charge in [0.05, 0.1) is 0 Å². The van der Waals surface area contributed by atoms with Crippen molar-refractivity contribution in [1.29, 1.82) is 0 Å². The molecule has 0 aliphatic carbocycles. The average molecular weight is 757 g/mol. The maximum Gasteiger partial charge on any atom is 0.252 e. The highest BCUT2D eigenvalue weighted by Crippen LogP contribution is 2.48. The van der Waals surface area contributed by atoms with Crippen molar-refractivity contribution >= 4 is 78.6 Å². The highest BCUT2D eigenvalue weighted by atomic mass is 32.1. The van der Waals surface area contributed by atoms with Crippen molar-refractivity contribution in [2.24, 2.45) is 0 Å².